The third kappa shape index (κ3) is 13.0. The Morgan fingerprint density at radius 1 is 1.29 bits per heavy atom. The molecule has 0 aromatic carbocycles. The van der Waals surface area contributed by atoms with Crippen LogP contribution in [0.15, 0.2) is 0 Å². The molecule has 0 N–H and O–H groups in total. The average molecular weight is 236 g/mol. The van der Waals surface area contributed by atoms with Crippen LogP contribution in [-0.4, -0.2) is 18.5 Å². The summed E-state index contributed by atoms with van der Waals surface area (Å²) in [6.45, 7) is -0.0362. The first-order valence-electron chi connectivity index (χ1n) is 4.03. The summed E-state index contributed by atoms with van der Waals surface area (Å²) in [7, 11) is 0. The molecular weight excluding hydrogens is 223 g/mol. The summed E-state index contributed by atoms with van der Waals surface area (Å²) in [6.07, 6.45) is -1.64. The molecule has 0 aromatic rings. The third-order valence-electron chi connectivity index (χ3n) is 1.10. The van der Waals surface area contributed by atoms with Crippen LogP contribution >= 0.6 is 0 Å². The summed E-state index contributed by atoms with van der Waals surface area (Å²) in [4.78, 5) is 10.8. The molecule has 0 heterocycles. The second-order valence-corrected chi connectivity index (χ2v) is 3.84. The second kappa shape index (κ2) is 6.52. The summed E-state index contributed by atoms with van der Waals surface area (Å²) in [5.41, 5.74) is -0.713. The van der Waals surface area contributed by atoms with Gasteiger partial charge in [0.05, 0.1) is 0 Å². The Balaban J connectivity index is 0. The number of hydrogen-bond donors (Lipinski definition) is 0. The first kappa shape index (κ1) is 17.4. The molecule has 0 unspecified atom stereocenters. The van der Waals surface area contributed by atoms with Gasteiger partial charge in [0.25, 0.3) is 0 Å². The molecule has 0 atom stereocenters. The summed E-state index contributed by atoms with van der Waals surface area (Å²) in [5, 5.41) is 0. The maximum Gasteiger partial charge on any atom is 1.00 e. The SMILES string of the molecule is CC(C)(C)OC(=O)CC[B-](F)(F)F.[K+]. The fraction of sp³-hybridized carbons (Fsp3) is 0.857. The van der Waals surface area contributed by atoms with Crippen LogP contribution in [0.1, 0.15) is 27.2 Å². The minimum absolute atomic E-state index is 0. The van der Waals surface area contributed by atoms with Gasteiger partial charge in [-0.3, -0.25) is 4.79 Å². The molecule has 0 saturated carbocycles. The monoisotopic (exact) mass is 236 g/mol. The van der Waals surface area contributed by atoms with Crippen molar-refractivity contribution in [2.75, 3.05) is 0 Å². The van der Waals surface area contributed by atoms with E-state index < -0.39 is 31.3 Å². The van der Waals surface area contributed by atoms with Gasteiger partial charge in [0.2, 0.25) is 0 Å². The Kier molecular flexibility index (Phi) is 8.09. The van der Waals surface area contributed by atoms with Crippen molar-refractivity contribution >= 4 is 12.9 Å². The molecule has 7 heteroatoms. The molecule has 0 aliphatic heterocycles. The van der Waals surface area contributed by atoms with Gasteiger partial charge in [0, 0.05) is 6.42 Å². The Hall–Kier alpha value is 0.961. The minimum Gasteiger partial charge on any atom is -0.460 e. The zero-order valence-corrected chi connectivity index (χ0v) is 12.1. The van der Waals surface area contributed by atoms with Crippen LogP contribution in [0.5, 0.6) is 0 Å². The second-order valence-electron chi connectivity index (χ2n) is 3.84. The number of rotatable bonds is 3. The molecule has 0 saturated heterocycles. The molecule has 0 spiro atoms. The molecule has 0 fully saturated rings. The van der Waals surface area contributed by atoms with Crippen molar-refractivity contribution in [1.82, 2.24) is 0 Å². The van der Waals surface area contributed by atoms with Crippen LogP contribution in [0.25, 0.3) is 0 Å². The molecule has 0 bridgehead atoms. The van der Waals surface area contributed by atoms with Gasteiger partial charge < -0.3 is 17.7 Å². The van der Waals surface area contributed by atoms with E-state index in [2.05, 4.69) is 0 Å². The molecule has 0 aromatic heterocycles. The van der Waals surface area contributed by atoms with Crippen LogP contribution in [0.2, 0.25) is 6.32 Å². The average Bonchev–Trinajstić information content (AvgIpc) is 1.78. The molecule has 0 aliphatic rings. The van der Waals surface area contributed by atoms with Gasteiger partial charge in [-0.15, -0.1) is 0 Å². The van der Waals surface area contributed by atoms with Crippen molar-refractivity contribution in [3.8, 4) is 0 Å². The zero-order chi connectivity index (χ0) is 10.7. The molecule has 0 rings (SSSR count). The maximum absolute atomic E-state index is 11.7. The minimum atomic E-state index is -4.88. The number of ether oxygens (including phenoxy) is 1. The van der Waals surface area contributed by atoms with E-state index in [-0.39, 0.29) is 51.4 Å². The summed E-state index contributed by atoms with van der Waals surface area (Å²) in [5.74, 6) is -0.799. The van der Waals surface area contributed by atoms with Crippen LogP contribution < -0.4 is 51.4 Å². The number of carbonyl (C=O) groups excluding carboxylic acids is 1. The molecule has 2 nitrogen and oxygen atoms in total. The van der Waals surface area contributed by atoms with Gasteiger partial charge in [0.15, 0.2) is 0 Å². The summed E-state index contributed by atoms with van der Waals surface area (Å²) < 4.78 is 39.8. The Labute approximate surface area is 124 Å². The zero-order valence-electron chi connectivity index (χ0n) is 8.94. The van der Waals surface area contributed by atoms with E-state index in [9.17, 15) is 17.7 Å². The topological polar surface area (TPSA) is 26.3 Å². The smallest absolute Gasteiger partial charge is 0.460 e. The molecule has 0 radical (unpaired) electrons. The van der Waals surface area contributed by atoms with Crippen LogP contribution in [-0.2, 0) is 9.53 Å². The van der Waals surface area contributed by atoms with E-state index in [1.807, 2.05) is 0 Å². The van der Waals surface area contributed by atoms with Gasteiger partial charge >= 0.3 is 64.3 Å². The van der Waals surface area contributed by atoms with Crippen LogP contribution in [0.3, 0.4) is 0 Å². The Bertz CT molecular complexity index is 188. The summed E-state index contributed by atoms with van der Waals surface area (Å²) in [6, 6.07) is 0. The van der Waals surface area contributed by atoms with E-state index >= 15 is 0 Å². The Morgan fingerprint density at radius 3 is 2.00 bits per heavy atom. The predicted molar refractivity (Wildman–Crippen MR) is 44.3 cm³/mol. The molecule has 14 heavy (non-hydrogen) atoms. The van der Waals surface area contributed by atoms with E-state index in [1.165, 1.54) is 0 Å². The fourth-order valence-corrected chi connectivity index (χ4v) is 0.674. The number of esters is 1. The van der Waals surface area contributed by atoms with Gasteiger partial charge in [-0.2, -0.15) is 0 Å². The summed E-state index contributed by atoms with van der Waals surface area (Å²) >= 11 is 0. The van der Waals surface area contributed by atoms with E-state index in [0.717, 1.165) is 0 Å². The number of carbonyl (C=O) groups is 1. The van der Waals surface area contributed by atoms with Crippen molar-refractivity contribution < 1.29 is 73.9 Å². The van der Waals surface area contributed by atoms with Gasteiger partial charge in [0.1, 0.15) is 5.60 Å². The van der Waals surface area contributed by atoms with Gasteiger partial charge in [-0.25, -0.2) is 0 Å². The molecule has 78 valence electrons. The van der Waals surface area contributed by atoms with E-state index in [0.29, 0.717) is 0 Å². The van der Waals surface area contributed by atoms with Gasteiger partial charge in [-0.05, 0) is 20.8 Å². The Morgan fingerprint density at radius 2 is 1.71 bits per heavy atom. The largest absolute Gasteiger partial charge is 1.00 e. The van der Waals surface area contributed by atoms with Crippen molar-refractivity contribution in [3.63, 3.8) is 0 Å². The first-order chi connectivity index (χ1) is 5.60. The van der Waals surface area contributed by atoms with Crippen molar-refractivity contribution in [3.05, 3.63) is 0 Å². The molecule has 0 amide bonds. The maximum atomic E-state index is 11.7. The van der Waals surface area contributed by atoms with Crippen LogP contribution in [0, 0.1) is 0 Å². The van der Waals surface area contributed by atoms with Gasteiger partial charge in [-0.1, -0.05) is 6.32 Å². The first-order valence-corrected chi connectivity index (χ1v) is 4.03. The fourth-order valence-electron chi connectivity index (χ4n) is 0.674. The normalized spacial score (nSPS) is 11.9. The molecular formula is C7H13BF3KO2. The van der Waals surface area contributed by atoms with Crippen molar-refractivity contribution in [2.24, 2.45) is 0 Å². The van der Waals surface area contributed by atoms with E-state index in [1.54, 1.807) is 20.8 Å². The molecule has 0 aliphatic carbocycles. The van der Waals surface area contributed by atoms with E-state index in [4.69, 9.17) is 4.74 Å². The van der Waals surface area contributed by atoms with Crippen molar-refractivity contribution in [2.45, 2.75) is 39.1 Å². The third-order valence-corrected chi connectivity index (χ3v) is 1.10. The quantitative estimate of drug-likeness (QED) is 0.491. The standard InChI is InChI=1S/C7H13BF3O2.K/c1-7(2,3)13-6(12)4-5-8(9,10)11;/h4-5H2,1-3H3;/q-1;+1. The number of halogens is 3. The predicted octanol–water partition coefficient (Wildman–Crippen LogP) is -0.430. The van der Waals surface area contributed by atoms with Crippen LogP contribution in [0.4, 0.5) is 12.9 Å². The van der Waals surface area contributed by atoms with Crippen molar-refractivity contribution in [1.29, 1.82) is 0 Å². The number of hydrogen-bond acceptors (Lipinski definition) is 2.